The van der Waals surface area contributed by atoms with E-state index in [1.807, 2.05) is 43.3 Å². The number of hydrogen-bond acceptors (Lipinski definition) is 3. The molecule has 1 aromatic heterocycles. The molecular formula is C14H12N2O. The smallest absolute Gasteiger partial charge is 0.153 e. The molecular weight excluding hydrogens is 212 g/mol. The van der Waals surface area contributed by atoms with E-state index in [0.717, 1.165) is 11.1 Å². The zero-order chi connectivity index (χ0) is 12.3. The highest BCUT2D eigenvalue weighted by atomic mass is 16.3. The third-order valence-electron chi connectivity index (χ3n) is 2.55. The van der Waals surface area contributed by atoms with Gasteiger partial charge in [0.25, 0.3) is 0 Å². The fourth-order valence-electron chi connectivity index (χ4n) is 1.65. The molecule has 0 amide bonds. The largest absolute Gasteiger partial charge is 0.462 e. The molecule has 0 bridgehead atoms. The van der Waals surface area contributed by atoms with Gasteiger partial charge < -0.3 is 10.2 Å². The summed E-state index contributed by atoms with van der Waals surface area (Å²) in [5.74, 6) is 0.561. The molecule has 1 aromatic carbocycles. The fourth-order valence-corrected chi connectivity index (χ4v) is 1.65. The van der Waals surface area contributed by atoms with E-state index in [0.29, 0.717) is 17.0 Å². The highest BCUT2D eigenvalue weighted by Gasteiger charge is 2.12. The molecule has 2 rings (SSSR count). The van der Waals surface area contributed by atoms with Crippen LogP contribution in [0.25, 0.3) is 11.3 Å². The van der Waals surface area contributed by atoms with Crippen LogP contribution in [0.5, 0.6) is 0 Å². The van der Waals surface area contributed by atoms with Crippen LogP contribution in [-0.2, 0) is 0 Å². The van der Waals surface area contributed by atoms with Crippen molar-refractivity contribution in [3.05, 3.63) is 59.5 Å². The quantitative estimate of drug-likeness (QED) is 0.797. The van der Waals surface area contributed by atoms with Crippen molar-refractivity contribution in [1.29, 1.82) is 5.26 Å². The summed E-state index contributed by atoms with van der Waals surface area (Å²) in [6.45, 7) is 1.89. The predicted molar refractivity (Wildman–Crippen MR) is 66.5 cm³/mol. The van der Waals surface area contributed by atoms with Gasteiger partial charge in [0.05, 0.1) is 17.5 Å². The zero-order valence-electron chi connectivity index (χ0n) is 9.47. The van der Waals surface area contributed by atoms with E-state index in [9.17, 15) is 5.26 Å². The Bertz CT molecular complexity index is 588. The van der Waals surface area contributed by atoms with Gasteiger partial charge in [-0.15, -0.1) is 0 Å². The maximum atomic E-state index is 9.21. The Morgan fingerprint density at radius 1 is 1.24 bits per heavy atom. The summed E-state index contributed by atoms with van der Waals surface area (Å²) in [6.07, 6.45) is 1.57. The number of aryl methyl sites for hydroxylation is 1. The SMILES string of the molecule is Cc1ccoc1/C(N)=C(/C#N)c1ccccc1. The van der Waals surface area contributed by atoms with Crippen LogP contribution in [0.4, 0.5) is 0 Å². The Labute approximate surface area is 99.8 Å². The third kappa shape index (κ3) is 2.06. The average Bonchev–Trinajstić information content (AvgIpc) is 2.77. The van der Waals surface area contributed by atoms with E-state index in [-0.39, 0.29) is 0 Å². The molecule has 0 saturated heterocycles. The number of furan rings is 1. The van der Waals surface area contributed by atoms with E-state index in [1.54, 1.807) is 6.26 Å². The summed E-state index contributed by atoms with van der Waals surface area (Å²) in [6, 6.07) is 13.3. The van der Waals surface area contributed by atoms with Gasteiger partial charge >= 0.3 is 0 Å². The molecule has 0 aliphatic carbocycles. The Morgan fingerprint density at radius 3 is 2.47 bits per heavy atom. The molecule has 2 N–H and O–H groups in total. The first kappa shape index (κ1) is 11.0. The minimum Gasteiger partial charge on any atom is -0.462 e. The van der Waals surface area contributed by atoms with Gasteiger partial charge in [0.1, 0.15) is 6.07 Å². The van der Waals surface area contributed by atoms with Crippen LogP contribution >= 0.6 is 0 Å². The number of benzene rings is 1. The average molecular weight is 224 g/mol. The standard InChI is InChI=1S/C14H12N2O/c1-10-7-8-17-14(10)13(16)12(9-15)11-5-3-2-4-6-11/h2-8H,16H2,1H3/b13-12+. The number of allylic oxidation sites excluding steroid dienone is 1. The molecule has 0 saturated carbocycles. The lowest BCUT2D eigenvalue weighted by molar-refractivity contribution is 0.550. The summed E-state index contributed by atoms with van der Waals surface area (Å²) in [5, 5.41) is 9.21. The second-order valence-corrected chi connectivity index (χ2v) is 3.70. The first-order valence-electron chi connectivity index (χ1n) is 5.23. The molecule has 17 heavy (non-hydrogen) atoms. The molecule has 0 atom stereocenters. The maximum Gasteiger partial charge on any atom is 0.153 e. The van der Waals surface area contributed by atoms with E-state index in [4.69, 9.17) is 10.2 Å². The van der Waals surface area contributed by atoms with Gasteiger partial charge in [-0.25, -0.2) is 0 Å². The Kier molecular flexibility index (Phi) is 2.97. The normalized spacial score (nSPS) is 11.8. The Morgan fingerprint density at radius 2 is 1.94 bits per heavy atom. The number of rotatable bonds is 2. The maximum absolute atomic E-state index is 9.21. The minimum atomic E-state index is 0.376. The van der Waals surface area contributed by atoms with Gasteiger partial charge in [-0.2, -0.15) is 5.26 Å². The van der Waals surface area contributed by atoms with Gasteiger partial charge in [0.2, 0.25) is 0 Å². The second-order valence-electron chi connectivity index (χ2n) is 3.70. The molecule has 0 spiro atoms. The van der Waals surface area contributed by atoms with Crippen LogP contribution < -0.4 is 5.73 Å². The molecule has 0 radical (unpaired) electrons. The van der Waals surface area contributed by atoms with Crippen molar-refractivity contribution < 1.29 is 4.42 Å². The van der Waals surface area contributed by atoms with Crippen molar-refractivity contribution in [2.45, 2.75) is 6.92 Å². The van der Waals surface area contributed by atoms with Gasteiger partial charge in [-0.1, -0.05) is 30.3 Å². The van der Waals surface area contributed by atoms with Crippen molar-refractivity contribution in [2.75, 3.05) is 0 Å². The third-order valence-corrected chi connectivity index (χ3v) is 2.55. The molecule has 2 aromatic rings. The van der Waals surface area contributed by atoms with E-state index < -0.39 is 0 Å². The number of hydrogen-bond donors (Lipinski definition) is 1. The van der Waals surface area contributed by atoms with Gasteiger partial charge in [0, 0.05) is 0 Å². The lowest BCUT2D eigenvalue weighted by Gasteiger charge is -2.04. The molecule has 3 heteroatoms. The molecule has 0 unspecified atom stereocenters. The predicted octanol–water partition coefficient (Wildman–Crippen LogP) is 2.94. The molecule has 84 valence electrons. The van der Waals surface area contributed by atoms with Crippen molar-refractivity contribution in [2.24, 2.45) is 5.73 Å². The van der Waals surface area contributed by atoms with E-state index >= 15 is 0 Å². The van der Waals surface area contributed by atoms with Crippen molar-refractivity contribution >= 4 is 11.3 Å². The van der Waals surface area contributed by atoms with Crippen molar-refractivity contribution in [3.63, 3.8) is 0 Å². The summed E-state index contributed by atoms with van der Waals surface area (Å²) in [7, 11) is 0. The van der Waals surface area contributed by atoms with Crippen LogP contribution in [0.2, 0.25) is 0 Å². The molecule has 3 nitrogen and oxygen atoms in total. The summed E-state index contributed by atoms with van der Waals surface area (Å²) in [5.41, 5.74) is 8.52. The lowest BCUT2D eigenvalue weighted by atomic mass is 10.0. The van der Waals surface area contributed by atoms with Gasteiger partial charge in [0.15, 0.2) is 5.76 Å². The first-order chi connectivity index (χ1) is 8.24. The summed E-state index contributed by atoms with van der Waals surface area (Å²) in [4.78, 5) is 0. The molecule has 0 aliphatic rings. The Hall–Kier alpha value is -2.47. The van der Waals surface area contributed by atoms with Gasteiger partial charge in [-0.05, 0) is 24.1 Å². The fraction of sp³-hybridized carbons (Fsp3) is 0.0714. The minimum absolute atomic E-state index is 0.376. The molecule has 0 aliphatic heterocycles. The molecule has 0 fully saturated rings. The van der Waals surface area contributed by atoms with Crippen LogP contribution in [-0.4, -0.2) is 0 Å². The van der Waals surface area contributed by atoms with Crippen LogP contribution in [0.15, 0.2) is 47.1 Å². The van der Waals surface area contributed by atoms with Crippen LogP contribution in [0.1, 0.15) is 16.9 Å². The topological polar surface area (TPSA) is 62.9 Å². The van der Waals surface area contributed by atoms with Crippen LogP contribution in [0, 0.1) is 18.3 Å². The summed E-state index contributed by atoms with van der Waals surface area (Å²) < 4.78 is 5.30. The van der Waals surface area contributed by atoms with Crippen molar-refractivity contribution in [3.8, 4) is 6.07 Å². The second kappa shape index (κ2) is 4.58. The highest BCUT2D eigenvalue weighted by molar-refractivity contribution is 5.95. The highest BCUT2D eigenvalue weighted by Crippen LogP contribution is 2.24. The lowest BCUT2D eigenvalue weighted by Crippen LogP contribution is -2.00. The number of nitriles is 1. The van der Waals surface area contributed by atoms with E-state index in [1.165, 1.54) is 0 Å². The monoisotopic (exact) mass is 224 g/mol. The number of nitrogens with two attached hydrogens (primary N) is 1. The van der Waals surface area contributed by atoms with E-state index in [2.05, 4.69) is 6.07 Å². The number of nitrogens with zero attached hydrogens (tertiary/aromatic N) is 1. The van der Waals surface area contributed by atoms with Crippen LogP contribution in [0.3, 0.4) is 0 Å². The summed E-state index contributed by atoms with van der Waals surface area (Å²) >= 11 is 0. The Balaban J connectivity index is 2.57. The van der Waals surface area contributed by atoms with Crippen molar-refractivity contribution in [1.82, 2.24) is 0 Å². The zero-order valence-corrected chi connectivity index (χ0v) is 9.47. The van der Waals surface area contributed by atoms with Gasteiger partial charge in [-0.3, -0.25) is 0 Å². The first-order valence-corrected chi connectivity index (χ1v) is 5.23. The molecule has 1 heterocycles.